The van der Waals surface area contributed by atoms with Crippen LogP contribution in [0.2, 0.25) is 0 Å². The van der Waals surface area contributed by atoms with Crippen molar-refractivity contribution in [3.63, 3.8) is 0 Å². The molecule has 4 aromatic heterocycles. The first-order chi connectivity index (χ1) is 20.8. The van der Waals surface area contributed by atoms with Crippen LogP contribution in [-0.2, 0) is 0 Å². The molecule has 0 aliphatic rings. The highest BCUT2D eigenvalue weighted by atomic mass is 16.1. The number of aromatic nitrogens is 5. The van der Waals surface area contributed by atoms with Gasteiger partial charge in [0.25, 0.3) is 5.56 Å². The summed E-state index contributed by atoms with van der Waals surface area (Å²) in [5, 5.41) is 5.58. The summed E-state index contributed by atoms with van der Waals surface area (Å²) < 4.78 is 4.06. The molecule has 6 heteroatoms. The first-order valence-electron chi connectivity index (χ1n) is 13.9. The van der Waals surface area contributed by atoms with Crippen molar-refractivity contribution < 1.29 is 0 Å². The van der Waals surface area contributed by atoms with E-state index in [2.05, 4.69) is 52.0 Å². The molecule has 0 amide bonds. The number of benzene rings is 5. The van der Waals surface area contributed by atoms with E-state index in [-0.39, 0.29) is 5.56 Å². The summed E-state index contributed by atoms with van der Waals surface area (Å²) in [4.78, 5) is 28.9. The quantitative estimate of drug-likeness (QED) is 0.211. The topological polar surface area (TPSA) is 65.1 Å². The zero-order chi connectivity index (χ0) is 27.8. The Hall–Kier alpha value is -5.88. The highest BCUT2D eigenvalue weighted by Crippen LogP contribution is 2.41. The molecule has 9 aromatic rings. The predicted octanol–water partition coefficient (Wildman–Crippen LogP) is 7.71. The smallest absolute Gasteiger partial charge is 0.283 e. The Morgan fingerprint density at radius 3 is 2.07 bits per heavy atom. The number of fused-ring (bicyclic) bond motifs is 11. The van der Waals surface area contributed by atoms with Crippen molar-refractivity contribution in [1.82, 2.24) is 23.9 Å². The number of hydrogen-bond donors (Lipinski definition) is 0. The van der Waals surface area contributed by atoms with Gasteiger partial charge in [0.2, 0.25) is 5.95 Å². The van der Waals surface area contributed by atoms with E-state index in [1.165, 1.54) is 0 Å². The summed E-state index contributed by atoms with van der Waals surface area (Å²) in [5.41, 5.74) is 5.51. The minimum Gasteiger partial charge on any atom is -0.300 e. The average molecular weight is 540 g/mol. The molecule has 0 spiro atoms. The maximum atomic E-state index is 14.0. The first kappa shape index (κ1) is 22.9. The molecule has 0 bridgehead atoms. The largest absolute Gasteiger partial charge is 0.300 e. The van der Waals surface area contributed by atoms with E-state index in [9.17, 15) is 4.79 Å². The van der Waals surface area contributed by atoms with Gasteiger partial charge in [-0.25, -0.2) is 9.97 Å². The molecular weight excluding hydrogens is 518 g/mol. The van der Waals surface area contributed by atoms with E-state index in [0.29, 0.717) is 17.0 Å². The van der Waals surface area contributed by atoms with Gasteiger partial charge in [0.1, 0.15) is 5.65 Å². The lowest BCUT2D eigenvalue weighted by Gasteiger charge is -2.14. The van der Waals surface area contributed by atoms with E-state index < -0.39 is 0 Å². The maximum absolute atomic E-state index is 14.0. The molecule has 0 saturated carbocycles. The van der Waals surface area contributed by atoms with Crippen LogP contribution in [0.1, 0.15) is 0 Å². The Balaban J connectivity index is 1.57. The Morgan fingerprint density at radius 2 is 1.21 bits per heavy atom. The standard InChI is InChI=1S/C36H21N5O/c42-35-31-33(40-21-11-10-20-29(40)38-35)24-15-5-4-14-23(24)30-26-17-7-9-19-28(26)41(34(30)31)36-37-27-18-8-6-16-25(27)32(39-36)22-12-2-1-3-13-22/h1-21H. The lowest BCUT2D eigenvalue weighted by atomic mass is 10.00. The summed E-state index contributed by atoms with van der Waals surface area (Å²) in [7, 11) is 0. The van der Waals surface area contributed by atoms with Crippen LogP contribution in [0.3, 0.4) is 0 Å². The van der Waals surface area contributed by atoms with E-state index in [1.807, 2.05) is 89.5 Å². The van der Waals surface area contributed by atoms with E-state index >= 15 is 0 Å². The van der Waals surface area contributed by atoms with Crippen LogP contribution in [0, 0.1) is 0 Å². The van der Waals surface area contributed by atoms with Crippen LogP contribution in [0.25, 0.3) is 77.2 Å². The molecule has 0 aliphatic heterocycles. The Kier molecular flexibility index (Phi) is 4.66. The van der Waals surface area contributed by atoms with Gasteiger partial charge in [-0.05, 0) is 29.7 Å². The fourth-order valence-electron chi connectivity index (χ4n) is 6.42. The van der Waals surface area contributed by atoms with Crippen LogP contribution in [0.4, 0.5) is 0 Å². The normalized spacial score (nSPS) is 11.9. The van der Waals surface area contributed by atoms with Gasteiger partial charge >= 0.3 is 0 Å². The molecule has 42 heavy (non-hydrogen) atoms. The van der Waals surface area contributed by atoms with Crippen LogP contribution < -0.4 is 5.56 Å². The summed E-state index contributed by atoms with van der Waals surface area (Å²) in [6, 6.07) is 40.5. The van der Waals surface area contributed by atoms with Crippen molar-refractivity contribution in [2.45, 2.75) is 0 Å². The molecule has 0 atom stereocenters. The molecule has 5 aromatic carbocycles. The fourth-order valence-corrected chi connectivity index (χ4v) is 6.42. The molecule has 0 radical (unpaired) electrons. The van der Waals surface area contributed by atoms with Gasteiger partial charge in [-0.15, -0.1) is 0 Å². The van der Waals surface area contributed by atoms with Gasteiger partial charge in [0.05, 0.1) is 33.1 Å². The molecule has 6 nitrogen and oxygen atoms in total. The molecule has 196 valence electrons. The molecule has 0 aliphatic carbocycles. The number of pyridine rings is 1. The van der Waals surface area contributed by atoms with Crippen LogP contribution in [0.15, 0.2) is 132 Å². The van der Waals surface area contributed by atoms with Gasteiger partial charge in [-0.3, -0.25) is 9.36 Å². The van der Waals surface area contributed by atoms with Gasteiger partial charge < -0.3 is 4.40 Å². The molecule has 4 heterocycles. The Labute approximate surface area is 238 Å². The van der Waals surface area contributed by atoms with Crippen LogP contribution in [-0.4, -0.2) is 23.9 Å². The molecule has 0 fully saturated rings. The van der Waals surface area contributed by atoms with Crippen molar-refractivity contribution >= 4 is 60.0 Å². The minimum atomic E-state index is -0.278. The maximum Gasteiger partial charge on any atom is 0.283 e. The minimum absolute atomic E-state index is 0.278. The molecule has 9 rings (SSSR count). The second-order valence-corrected chi connectivity index (χ2v) is 10.4. The monoisotopic (exact) mass is 539 g/mol. The second kappa shape index (κ2) is 8.56. The zero-order valence-electron chi connectivity index (χ0n) is 22.3. The van der Waals surface area contributed by atoms with Crippen LogP contribution >= 0.6 is 0 Å². The van der Waals surface area contributed by atoms with E-state index in [0.717, 1.165) is 60.3 Å². The summed E-state index contributed by atoms with van der Waals surface area (Å²) in [5.74, 6) is 0.507. The lowest BCUT2D eigenvalue weighted by Crippen LogP contribution is -2.13. The second-order valence-electron chi connectivity index (χ2n) is 10.4. The van der Waals surface area contributed by atoms with Gasteiger partial charge in [0.15, 0.2) is 0 Å². The van der Waals surface area contributed by atoms with E-state index in [4.69, 9.17) is 9.97 Å². The van der Waals surface area contributed by atoms with Crippen molar-refractivity contribution in [2.75, 3.05) is 0 Å². The zero-order valence-corrected chi connectivity index (χ0v) is 22.3. The van der Waals surface area contributed by atoms with Crippen molar-refractivity contribution in [1.29, 1.82) is 0 Å². The summed E-state index contributed by atoms with van der Waals surface area (Å²) >= 11 is 0. The Bertz CT molecular complexity index is 2600. The van der Waals surface area contributed by atoms with Gasteiger partial charge in [0, 0.05) is 33.3 Å². The van der Waals surface area contributed by atoms with E-state index in [1.54, 1.807) is 0 Å². The highest BCUT2D eigenvalue weighted by molar-refractivity contribution is 6.31. The van der Waals surface area contributed by atoms with Crippen molar-refractivity contribution in [3.8, 4) is 17.2 Å². The fraction of sp³-hybridized carbons (Fsp3) is 0. The number of para-hydroxylation sites is 2. The molecule has 0 N–H and O–H groups in total. The van der Waals surface area contributed by atoms with Crippen molar-refractivity contribution in [2.24, 2.45) is 0 Å². The number of hydrogen-bond acceptors (Lipinski definition) is 4. The van der Waals surface area contributed by atoms with Crippen molar-refractivity contribution in [3.05, 3.63) is 138 Å². The number of nitrogens with zero attached hydrogens (tertiary/aromatic N) is 5. The van der Waals surface area contributed by atoms with Gasteiger partial charge in [-0.1, -0.05) is 97.1 Å². The number of rotatable bonds is 2. The third kappa shape index (κ3) is 3.09. The molecule has 0 unspecified atom stereocenters. The van der Waals surface area contributed by atoms with Gasteiger partial charge in [-0.2, -0.15) is 4.98 Å². The molecule has 0 saturated heterocycles. The third-order valence-electron chi connectivity index (χ3n) is 8.15. The average Bonchev–Trinajstić information content (AvgIpc) is 3.40. The molecular formula is C36H21N5O. The SMILES string of the molecule is O=c1nc2ccccn2c2c3ccccc3c3c4ccccc4n(-c4nc(-c5ccccc5)c5ccccc5n4)c3c12. The summed E-state index contributed by atoms with van der Waals surface area (Å²) in [6.45, 7) is 0. The van der Waals surface area contributed by atoms with Crippen LogP contribution in [0.5, 0.6) is 0 Å². The highest BCUT2D eigenvalue weighted by Gasteiger charge is 2.24. The first-order valence-corrected chi connectivity index (χ1v) is 13.9. The predicted molar refractivity (Wildman–Crippen MR) is 169 cm³/mol. The third-order valence-corrected chi connectivity index (χ3v) is 8.15. The Morgan fingerprint density at radius 1 is 0.524 bits per heavy atom. The lowest BCUT2D eigenvalue weighted by molar-refractivity contribution is 1.01. The summed E-state index contributed by atoms with van der Waals surface area (Å²) in [6.07, 6.45) is 1.97.